The van der Waals surface area contributed by atoms with Crippen molar-refractivity contribution in [3.63, 3.8) is 0 Å². The SMILES string of the molecule is Cc1cc(Br)c(NN)c(Br)c1.Cl. The predicted octanol–water partition coefficient (Wildman–Crippen LogP) is 3.23. The molecular weight excluding hydrogens is 307 g/mol. The summed E-state index contributed by atoms with van der Waals surface area (Å²) in [4.78, 5) is 0. The molecule has 0 saturated heterocycles. The van der Waals surface area contributed by atoms with E-state index in [0.717, 1.165) is 14.6 Å². The van der Waals surface area contributed by atoms with Crippen molar-refractivity contribution in [2.75, 3.05) is 5.43 Å². The van der Waals surface area contributed by atoms with Gasteiger partial charge in [-0.3, -0.25) is 5.84 Å². The number of benzene rings is 1. The zero-order valence-corrected chi connectivity index (χ0v) is 10.4. The predicted molar refractivity (Wildman–Crippen MR) is 61.6 cm³/mol. The lowest BCUT2D eigenvalue weighted by atomic mass is 10.2. The highest BCUT2D eigenvalue weighted by Gasteiger charge is 2.02. The third-order valence-electron chi connectivity index (χ3n) is 1.33. The molecular formula is C7H9Br2ClN2. The summed E-state index contributed by atoms with van der Waals surface area (Å²) in [6.45, 7) is 2.02. The van der Waals surface area contributed by atoms with Crippen molar-refractivity contribution < 1.29 is 0 Å². The molecule has 0 saturated carbocycles. The Hall–Kier alpha value is 0.230. The van der Waals surface area contributed by atoms with Crippen molar-refractivity contribution in [1.29, 1.82) is 0 Å². The number of nitrogen functional groups attached to an aromatic ring is 1. The monoisotopic (exact) mass is 314 g/mol. The standard InChI is InChI=1S/C7H8Br2N2.ClH/c1-4-2-5(8)7(11-10)6(9)3-4;/h2-3,11H,10H2,1H3;1H. The molecule has 0 aliphatic carbocycles. The fraction of sp³-hybridized carbons (Fsp3) is 0.143. The van der Waals surface area contributed by atoms with Gasteiger partial charge in [-0.25, -0.2) is 0 Å². The Morgan fingerprint density at radius 2 is 1.67 bits per heavy atom. The van der Waals surface area contributed by atoms with Gasteiger partial charge in [-0.1, -0.05) is 0 Å². The Kier molecular flexibility index (Phi) is 5.16. The molecule has 68 valence electrons. The van der Waals surface area contributed by atoms with Crippen LogP contribution in [0.3, 0.4) is 0 Å². The Labute approximate surface area is 94.5 Å². The summed E-state index contributed by atoms with van der Waals surface area (Å²) in [6.07, 6.45) is 0. The van der Waals surface area contributed by atoms with Gasteiger partial charge in [0.1, 0.15) is 0 Å². The first-order valence-electron chi connectivity index (χ1n) is 3.07. The van der Waals surface area contributed by atoms with Crippen LogP contribution in [0.15, 0.2) is 21.1 Å². The normalized spacial score (nSPS) is 9.00. The van der Waals surface area contributed by atoms with Crippen molar-refractivity contribution in [2.45, 2.75) is 6.92 Å². The van der Waals surface area contributed by atoms with Crippen LogP contribution in [0.2, 0.25) is 0 Å². The topological polar surface area (TPSA) is 38.0 Å². The van der Waals surface area contributed by atoms with Gasteiger partial charge in [0.15, 0.2) is 0 Å². The van der Waals surface area contributed by atoms with Gasteiger partial charge in [0, 0.05) is 8.95 Å². The van der Waals surface area contributed by atoms with E-state index in [1.165, 1.54) is 5.56 Å². The molecule has 0 aliphatic heterocycles. The Morgan fingerprint density at radius 3 is 2.00 bits per heavy atom. The summed E-state index contributed by atoms with van der Waals surface area (Å²) in [5, 5.41) is 0. The summed E-state index contributed by atoms with van der Waals surface area (Å²) < 4.78 is 1.93. The Balaban J connectivity index is 0.00000121. The summed E-state index contributed by atoms with van der Waals surface area (Å²) in [5.41, 5.74) is 4.65. The van der Waals surface area contributed by atoms with Gasteiger partial charge >= 0.3 is 0 Å². The molecule has 0 spiro atoms. The highest BCUT2D eigenvalue weighted by atomic mass is 79.9. The molecule has 0 bridgehead atoms. The van der Waals surface area contributed by atoms with Gasteiger partial charge in [-0.2, -0.15) is 0 Å². The third-order valence-corrected chi connectivity index (χ3v) is 2.58. The minimum absolute atomic E-state index is 0. The fourth-order valence-electron chi connectivity index (χ4n) is 0.838. The Morgan fingerprint density at radius 1 is 1.25 bits per heavy atom. The Bertz CT molecular complexity index is 255. The number of anilines is 1. The van der Waals surface area contributed by atoms with Crippen molar-refractivity contribution in [3.05, 3.63) is 26.6 Å². The van der Waals surface area contributed by atoms with Crippen LogP contribution in [0, 0.1) is 6.92 Å². The van der Waals surface area contributed by atoms with Crippen molar-refractivity contribution in [2.24, 2.45) is 5.84 Å². The van der Waals surface area contributed by atoms with Crippen LogP contribution in [0.25, 0.3) is 0 Å². The largest absolute Gasteiger partial charge is 0.322 e. The molecule has 0 unspecified atom stereocenters. The zero-order chi connectivity index (χ0) is 8.43. The summed E-state index contributed by atoms with van der Waals surface area (Å²) in [5.74, 6) is 5.29. The number of hydrogen-bond acceptors (Lipinski definition) is 2. The maximum absolute atomic E-state index is 5.29. The van der Waals surface area contributed by atoms with Crippen LogP contribution < -0.4 is 11.3 Å². The van der Waals surface area contributed by atoms with E-state index in [1.807, 2.05) is 19.1 Å². The second kappa shape index (κ2) is 5.07. The number of nitrogens with one attached hydrogen (secondary N) is 1. The first-order valence-corrected chi connectivity index (χ1v) is 4.66. The van der Waals surface area contributed by atoms with Crippen molar-refractivity contribution in [3.8, 4) is 0 Å². The van der Waals surface area contributed by atoms with Gasteiger partial charge in [-0.15, -0.1) is 12.4 Å². The van der Waals surface area contributed by atoms with E-state index in [1.54, 1.807) is 0 Å². The first kappa shape index (κ1) is 12.2. The van der Waals surface area contributed by atoms with Gasteiger partial charge in [0.2, 0.25) is 0 Å². The number of hydrogen-bond donors (Lipinski definition) is 2. The van der Waals surface area contributed by atoms with E-state index in [-0.39, 0.29) is 12.4 Å². The van der Waals surface area contributed by atoms with Crippen LogP contribution in [-0.4, -0.2) is 0 Å². The smallest absolute Gasteiger partial charge is 0.0771 e. The molecule has 1 rings (SSSR count). The number of hydrazine groups is 1. The maximum atomic E-state index is 5.29. The molecule has 3 N–H and O–H groups in total. The molecule has 1 aromatic carbocycles. The summed E-state index contributed by atoms with van der Waals surface area (Å²) >= 11 is 6.77. The summed E-state index contributed by atoms with van der Waals surface area (Å²) in [7, 11) is 0. The van der Waals surface area contributed by atoms with E-state index in [9.17, 15) is 0 Å². The first-order chi connectivity index (χ1) is 5.15. The van der Waals surface area contributed by atoms with E-state index in [4.69, 9.17) is 5.84 Å². The van der Waals surface area contributed by atoms with E-state index >= 15 is 0 Å². The molecule has 0 radical (unpaired) electrons. The van der Waals surface area contributed by atoms with Gasteiger partial charge in [0.25, 0.3) is 0 Å². The molecule has 0 aliphatic rings. The molecule has 5 heteroatoms. The van der Waals surface area contributed by atoms with E-state index < -0.39 is 0 Å². The molecule has 2 nitrogen and oxygen atoms in total. The molecule has 0 atom stereocenters. The van der Waals surface area contributed by atoms with Crippen LogP contribution in [0.5, 0.6) is 0 Å². The van der Waals surface area contributed by atoms with Crippen LogP contribution in [-0.2, 0) is 0 Å². The zero-order valence-electron chi connectivity index (χ0n) is 6.40. The molecule has 1 aromatic rings. The molecule has 0 amide bonds. The molecule has 0 fully saturated rings. The second-order valence-electron chi connectivity index (χ2n) is 2.25. The van der Waals surface area contributed by atoms with Crippen LogP contribution in [0.1, 0.15) is 5.56 Å². The average Bonchev–Trinajstić information content (AvgIpc) is 1.85. The number of aryl methyl sites for hydroxylation is 1. The number of rotatable bonds is 1. The fourth-order valence-corrected chi connectivity index (χ4v) is 2.48. The highest BCUT2D eigenvalue weighted by molar-refractivity contribution is 9.11. The lowest BCUT2D eigenvalue weighted by Crippen LogP contribution is -2.08. The van der Waals surface area contributed by atoms with E-state index in [2.05, 4.69) is 37.3 Å². The highest BCUT2D eigenvalue weighted by Crippen LogP contribution is 2.31. The van der Waals surface area contributed by atoms with Crippen LogP contribution >= 0.6 is 44.3 Å². The van der Waals surface area contributed by atoms with Crippen molar-refractivity contribution >= 4 is 50.0 Å². The average molecular weight is 316 g/mol. The van der Waals surface area contributed by atoms with Gasteiger partial charge in [0.05, 0.1) is 5.69 Å². The lowest BCUT2D eigenvalue weighted by molar-refractivity contribution is 1.31. The summed E-state index contributed by atoms with van der Waals surface area (Å²) in [6, 6.07) is 4.00. The minimum Gasteiger partial charge on any atom is -0.322 e. The van der Waals surface area contributed by atoms with Gasteiger partial charge in [-0.05, 0) is 56.5 Å². The van der Waals surface area contributed by atoms with Crippen molar-refractivity contribution in [1.82, 2.24) is 0 Å². The lowest BCUT2D eigenvalue weighted by Gasteiger charge is -2.06. The third kappa shape index (κ3) is 2.62. The number of halogens is 3. The quantitative estimate of drug-likeness (QED) is 0.617. The minimum atomic E-state index is 0. The molecule has 0 aromatic heterocycles. The van der Waals surface area contributed by atoms with Gasteiger partial charge < -0.3 is 5.43 Å². The maximum Gasteiger partial charge on any atom is 0.0771 e. The molecule has 12 heavy (non-hydrogen) atoms. The van der Waals surface area contributed by atoms with Crippen LogP contribution in [0.4, 0.5) is 5.69 Å². The second-order valence-corrected chi connectivity index (χ2v) is 3.96. The number of nitrogens with two attached hydrogens (primary N) is 1. The molecule has 0 heterocycles. The van der Waals surface area contributed by atoms with E-state index in [0.29, 0.717) is 0 Å².